The largest absolute Gasteiger partial charge is 0.365 e. The molecular formula is C20H16ClF2N5O2. The number of carbonyl (C=O) groups excluding carboxylic acids is 2. The van der Waals surface area contributed by atoms with Gasteiger partial charge in [-0.2, -0.15) is 5.10 Å². The van der Waals surface area contributed by atoms with Gasteiger partial charge < -0.3 is 16.4 Å². The molecule has 0 spiro atoms. The lowest BCUT2D eigenvalue weighted by atomic mass is 9.94. The Morgan fingerprint density at radius 2 is 1.80 bits per heavy atom. The molecule has 1 aliphatic rings. The molecule has 0 radical (unpaired) electrons. The molecule has 2 heterocycles. The van der Waals surface area contributed by atoms with Crippen molar-refractivity contribution in [3.05, 3.63) is 75.9 Å². The molecule has 4 N–H and O–H groups in total. The normalized spacial score (nSPS) is 15.7. The predicted octanol–water partition coefficient (Wildman–Crippen LogP) is 3.06. The average Bonchev–Trinajstić information content (AvgIpc) is 3.07. The maximum atomic E-state index is 13.8. The van der Waals surface area contributed by atoms with Gasteiger partial charge in [-0.3, -0.25) is 9.48 Å². The van der Waals surface area contributed by atoms with Crippen molar-refractivity contribution in [2.45, 2.75) is 12.6 Å². The van der Waals surface area contributed by atoms with Gasteiger partial charge in [0.1, 0.15) is 23.4 Å². The fourth-order valence-corrected chi connectivity index (χ4v) is 4.03. The number of hydrogen-bond acceptors (Lipinski definition) is 3. The van der Waals surface area contributed by atoms with E-state index in [4.69, 9.17) is 23.1 Å². The van der Waals surface area contributed by atoms with Crippen molar-refractivity contribution < 1.29 is 18.4 Å². The molecule has 7 nitrogen and oxygen atoms in total. The van der Waals surface area contributed by atoms with Crippen LogP contribution in [-0.2, 0) is 6.54 Å². The highest BCUT2D eigenvalue weighted by Gasteiger charge is 2.38. The minimum atomic E-state index is -0.929. The first-order valence-corrected chi connectivity index (χ1v) is 9.33. The molecule has 3 aromatic rings. The van der Waals surface area contributed by atoms with Gasteiger partial charge in [0.15, 0.2) is 0 Å². The second-order valence-corrected chi connectivity index (χ2v) is 7.21. The smallest absolute Gasteiger partial charge is 0.315 e. The van der Waals surface area contributed by atoms with Gasteiger partial charge in [-0.05, 0) is 29.8 Å². The van der Waals surface area contributed by atoms with Crippen molar-refractivity contribution in [3.63, 3.8) is 0 Å². The fourth-order valence-electron chi connectivity index (χ4n) is 3.76. The van der Waals surface area contributed by atoms with E-state index in [1.54, 1.807) is 6.07 Å². The molecule has 1 unspecified atom stereocenters. The second-order valence-electron chi connectivity index (χ2n) is 6.81. The van der Waals surface area contributed by atoms with Crippen molar-refractivity contribution >= 4 is 23.5 Å². The maximum absolute atomic E-state index is 13.8. The Kier molecular flexibility index (Phi) is 4.90. The summed E-state index contributed by atoms with van der Waals surface area (Å²) in [5, 5.41) is 4.50. The Hall–Kier alpha value is -3.46. The molecule has 3 amide bonds. The van der Waals surface area contributed by atoms with Crippen LogP contribution in [0.5, 0.6) is 0 Å². The van der Waals surface area contributed by atoms with E-state index < -0.39 is 29.6 Å². The summed E-state index contributed by atoms with van der Waals surface area (Å²) in [6.07, 6.45) is 0. The summed E-state index contributed by atoms with van der Waals surface area (Å²) in [4.78, 5) is 25.9. The van der Waals surface area contributed by atoms with Crippen molar-refractivity contribution in [2.75, 3.05) is 6.54 Å². The first-order valence-electron chi connectivity index (χ1n) is 8.95. The minimum absolute atomic E-state index is 0.0111. The molecule has 0 bridgehead atoms. The fraction of sp³-hybridized carbons (Fsp3) is 0.150. The van der Waals surface area contributed by atoms with Gasteiger partial charge in [0, 0.05) is 17.1 Å². The van der Waals surface area contributed by atoms with E-state index in [2.05, 4.69) is 5.10 Å². The second kappa shape index (κ2) is 7.42. The number of hydrogen-bond donors (Lipinski definition) is 2. The van der Waals surface area contributed by atoms with Crippen LogP contribution in [0.1, 0.15) is 27.7 Å². The third-order valence-electron chi connectivity index (χ3n) is 5.00. The first kappa shape index (κ1) is 19.8. The van der Waals surface area contributed by atoms with Gasteiger partial charge >= 0.3 is 6.03 Å². The number of fused-ring (bicyclic) bond motifs is 1. The lowest BCUT2D eigenvalue weighted by molar-refractivity contribution is 0.0995. The molecule has 1 atom stereocenters. The number of primary amides is 2. The summed E-state index contributed by atoms with van der Waals surface area (Å²) >= 11 is 6.26. The lowest BCUT2D eigenvalue weighted by Crippen LogP contribution is -2.46. The lowest BCUT2D eigenvalue weighted by Gasteiger charge is -2.36. The van der Waals surface area contributed by atoms with Crippen LogP contribution in [-0.4, -0.2) is 33.2 Å². The number of carbonyl (C=O) groups is 2. The number of amides is 3. The first-order chi connectivity index (χ1) is 14.3. The number of urea groups is 1. The zero-order chi connectivity index (χ0) is 21.6. The molecule has 2 aromatic carbocycles. The molecule has 30 heavy (non-hydrogen) atoms. The van der Waals surface area contributed by atoms with E-state index in [1.807, 2.05) is 0 Å². The van der Waals surface area contributed by atoms with Crippen molar-refractivity contribution in [3.8, 4) is 11.3 Å². The third-order valence-corrected chi connectivity index (χ3v) is 5.33. The van der Waals surface area contributed by atoms with Crippen molar-refractivity contribution in [2.24, 2.45) is 11.5 Å². The Balaban J connectivity index is 2.00. The van der Waals surface area contributed by atoms with Crippen molar-refractivity contribution in [1.29, 1.82) is 0 Å². The summed E-state index contributed by atoms with van der Waals surface area (Å²) in [6.45, 7) is 0.395. The molecule has 0 fully saturated rings. The maximum Gasteiger partial charge on any atom is 0.315 e. The van der Waals surface area contributed by atoms with Gasteiger partial charge in [0.2, 0.25) is 0 Å². The summed E-state index contributed by atoms with van der Waals surface area (Å²) in [5.74, 6) is -1.88. The average molecular weight is 432 g/mol. The number of benzene rings is 2. The highest BCUT2D eigenvalue weighted by atomic mass is 35.5. The van der Waals surface area contributed by atoms with Crippen LogP contribution in [0.4, 0.5) is 13.6 Å². The summed E-state index contributed by atoms with van der Waals surface area (Å²) < 4.78 is 28.9. The number of aromatic nitrogens is 2. The highest BCUT2D eigenvalue weighted by Crippen LogP contribution is 2.40. The third kappa shape index (κ3) is 3.26. The quantitative estimate of drug-likeness (QED) is 0.665. The molecule has 1 aliphatic heterocycles. The number of nitrogens with two attached hydrogens (primary N) is 2. The van der Waals surface area contributed by atoms with Crippen LogP contribution in [0.3, 0.4) is 0 Å². The molecule has 0 saturated heterocycles. The summed E-state index contributed by atoms with van der Waals surface area (Å²) in [7, 11) is 0. The number of nitrogens with zero attached hydrogens (tertiary/aromatic N) is 3. The van der Waals surface area contributed by atoms with Crippen LogP contribution in [0.25, 0.3) is 11.3 Å². The zero-order valence-corrected chi connectivity index (χ0v) is 16.2. The SMILES string of the molecule is NC(=O)c1c(-c2cccc(F)c2)nn2c1C(c1ccc(F)cc1Cl)N(C(N)=O)CC2. The zero-order valence-electron chi connectivity index (χ0n) is 15.5. The van der Waals surface area contributed by atoms with Crippen LogP contribution in [0.15, 0.2) is 42.5 Å². The van der Waals surface area contributed by atoms with Gasteiger partial charge in [0.25, 0.3) is 5.91 Å². The number of rotatable bonds is 3. The molecule has 154 valence electrons. The molecule has 10 heteroatoms. The molecule has 1 aromatic heterocycles. The van der Waals surface area contributed by atoms with Crippen molar-refractivity contribution in [1.82, 2.24) is 14.7 Å². The Bertz CT molecular complexity index is 1180. The standard InChI is InChI=1S/C20H16ClF2N5O2/c21-14-9-12(23)4-5-13(14)17-18-15(19(24)29)16(10-2-1-3-11(22)8-10)26-28(18)7-6-27(17)20(25)30/h1-5,8-9,17H,6-7H2,(H2,24,29)(H2,25,30). The van der Waals surface area contributed by atoms with E-state index in [-0.39, 0.29) is 35.1 Å². The van der Waals surface area contributed by atoms with E-state index >= 15 is 0 Å². The Labute approximate surface area is 174 Å². The van der Waals surface area contributed by atoms with E-state index in [1.165, 1.54) is 39.9 Å². The summed E-state index contributed by atoms with van der Waals surface area (Å²) in [6, 6.07) is 7.58. The monoisotopic (exact) mass is 431 g/mol. The molecule has 0 saturated carbocycles. The van der Waals surface area contributed by atoms with Crippen LogP contribution in [0, 0.1) is 11.6 Å². The van der Waals surface area contributed by atoms with Crippen LogP contribution < -0.4 is 11.5 Å². The highest BCUT2D eigenvalue weighted by molar-refractivity contribution is 6.31. The van der Waals surface area contributed by atoms with Crippen LogP contribution in [0.2, 0.25) is 5.02 Å². The van der Waals surface area contributed by atoms with Crippen LogP contribution >= 0.6 is 11.6 Å². The predicted molar refractivity (Wildman–Crippen MR) is 106 cm³/mol. The van der Waals surface area contributed by atoms with E-state index in [0.29, 0.717) is 11.1 Å². The molecular weight excluding hydrogens is 416 g/mol. The van der Waals surface area contributed by atoms with Gasteiger partial charge in [-0.1, -0.05) is 29.8 Å². The summed E-state index contributed by atoms with van der Waals surface area (Å²) in [5.41, 5.74) is 12.4. The molecule has 4 rings (SSSR count). The number of halogens is 3. The Morgan fingerprint density at radius 3 is 2.43 bits per heavy atom. The molecule has 0 aliphatic carbocycles. The van der Waals surface area contributed by atoms with E-state index in [9.17, 15) is 18.4 Å². The van der Waals surface area contributed by atoms with Gasteiger partial charge in [-0.15, -0.1) is 0 Å². The van der Waals surface area contributed by atoms with Gasteiger partial charge in [-0.25, -0.2) is 13.6 Å². The minimum Gasteiger partial charge on any atom is -0.365 e. The van der Waals surface area contributed by atoms with Gasteiger partial charge in [0.05, 0.1) is 17.8 Å². The topological polar surface area (TPSA) is 107 Å². The Morgan fingerprint density at radius 1 is 1.07 bits per heavy atom. The van der Waals surface area contributed by atoms with E-state index in [0.717, 1.165) is 6.07 Å².